The second-order valence-electron chi connectivity index (χ2n) is 9.39. The number of nitrogens with one attached hydrogen (secondary N) is 1. The number of anilines is 1. The zero-order valence-electron chi connectivity index (χ0n) is 19.8. The summed E-state index contributed by atoms with van der Waals surface area (Å²) >= 11 is 6.44. The van der Waals surface area contributed by atoms with Crippen LogP contribution in [0.5, 0.6) is 0 Å². The first-order valence-corrected chi connectivity index (χ1v) is 12.1. The maximum Gasteiger partial charge on any atom is 0.223 e. The van der Waals surface area contributed by atoms with Gasteiger partial charge in [-0.1, -0.05) is 11.6 Å². The maximum absolute atomic E-state index is 15.4. The molecule has 3 aromatic rings. The minimum Gasteiger partial charge on any atom is -0.389 e. The second kappa shape index (κ2) is 9.33. The van der Waals surface area contributed by atoms with Crippen molar-refractivity contribution in [3.8, 4) is 11.3 Å². The van der Waals surface area contributed by atoms with E-state index in [4.69, 9.17) is 16.3 Å². The fourth-order valence-electron chi connectivity index (χ4n) is 4.89. The number of halogens is 2. The van der Waals surface area contributed by atoms with Crippen LogP contribution >= 0.6 is 11.6 Å². The molecule has 0 spiro atoms. The van der Waals surface area contributed by atoms with Crippen LogP contribution in [-0.2, 0) is 9.53 Å². The van der Waals surface area contributed by atoms with Crippen molar-refractivity contribution in [2.24, 2.45) is 0 Å². The Bertz CT molecular complexity index is 1280. The lowest BCUT2D eigenvalue weighted by Crippen LogP contribution is -2.42. The van der Waals surface area contributed by atoms with E-state index in [1.807, 2.05) is 24.5 Å². The van der Waals surface area contributed by atoms with Gasteiger partial charge in [-0.2, -0.15) is 0 Å². The van der Waals surface area contributed by atoms with Crippen molar-refractivity contribution in [2.45, 2.75) is 57.3 Å². The molecule has 1 aromatic carbocycles. The summed E-state index contributed by atoms with van der Waals surface area (Å²) in [7, 11) is 1.76. The Morgan fingerprint density at radius 3 is 2.77 bits per heavy atom. The van der Waals surface area contributed by atoms with Gasteiger partial charge in [0, 0.05) is 31.7 Å². The molecule has 0 aliphatic carbocycles. The van der Waals surface area contributed by atoms with Crippen LogP contribution in [0.15, 0.2) is 18.3 Å². The van der Waals surface area contributed by atoms with Gasteiger partial charge < -0.3 is 24.6 Å². The topological polar surface area (TPSA) is 105 Å². The highest BCUT2D eigenvalue weighted by Gasteiger charge is 2.34. The monoisotopic (exact) mass is 502 g/mol. The van der Waals surface area contributed by atoms with Gasteiger partial charge in [0.1, 0.15) is 11.3 Å². The lowest BCUT2D eigenvalue weighted by atomic mass is 10.1. The van der Waals surface area contributed by atoms with Gasteiger partial charge in [-0.05, 0) is 38.8 Å². The first-order chi connectivity index (χ1) is 16.7. The van der Waals surface area contributed by atoms with Gasteiger partial charge in [-0.25, -0.2) is 19.3 Å². The highest BCUT2D eigenvalue weighted by Crippen LogP contribution is 2.37. The number of hydrogen-bond donors (Lipinski definition) is 2. The van der Waals surface area contributed by atoms with Gasteiger partial charge in [0.05, 0.1) is 47.2 Å². The molecular weight excluding hydrogens is 475 g/mol. The van der Waals surface area contributed by atoms with Crippen molar-refractivity contribution in [1.82, 2.24) is 24.4 Å². The summed E-state index contributed by atoms with van der Waals surface area (Å²) in [5, 5.41) is 13.6. The molecule has 2 saturated heterocycles. The maximum atomic E-state index is 15.4. The molecule has 11 heteroatoms. The Kier molecular flexibility index (Phi) is 6.37. The van der Waals surface area contributed by atoms with Gasteiger partial charge >= 0.3 is 0 Å². The molecule has 4 heterocycles. The number of aliphatic hydroxyl groups excluding tert-OH is 1. The fourth-order valence-corrected chi connectivity index (χ4v) is 5.09. The largest absolute Gasteiger partial charge is 0.389 e. The molecule has 2 aliphatic heterocycles. The van der Waals surface area contributed by atoms with Gasteiger partial charge in [0.15, 0.2) is 5.82 Å². The minimum atomic E-state index is -0.681. The van der Waals surface area contributed by atoms with Crippen LogP contribution in [0.4, 0.5) is 10.3 Å². The molecule has 1 amide bonds. The quantitative estimate of drug-likeness (QED) is 0.547. The van der Waals surface area contributed by atoms with E-state index in [2.05, 4.69) is 20.3 Å². The lowest BCUT2D eigenvalue weighted by molar-refractivity contribution is -0.127. The average Bonchev–Trinajstić information content (AvgIpc) is 3.37. The molecule has 5 rings (SSSR count). The van der Waals surface area contributed by atoms with E-state index in [9.17, 15) is 9.90 Å². The minimum absolute atomic E-state index is 0.0122. The van der Waals surface area contributed by atoms with Crippen LogP contribution < -0.4 is 5.32 Å². The first kappa shape index (κ1) is 23.9. The lowest BCUT2D eigenvalue weighted by Gasteiger charge is -2.28. The number of amides is 1. The summed E-state index contributed by atoms with van der Waals surface area (Å²) in [4.78, 5) is 27.3. The Morgan fingerprint density at radius 1 is 1.29 bits per heavy atom. The summed E-state index contributed by atoms with van der Waals surface area (Å²) in [5.41, 5.74) is 1.72. The summed E-state index contributed by atoms with van der Waals surface area (Å²) in [6.07, 6.45) is 2.48. The summed E-state index contributed by atoms with van der Waals surface area (Å²) in [6, 6.07) is 2.72. The summed E-state index contributed by atoms with van der Waals surface area (Å²) in [6.45, 7) is 4.78. The molecule has 9 nitrogen and oxygen atoms in total. The van der Waals surface area contributed by atoms with Crippen LogP contribution in [0.3, 0.4) is 0 Å². The molecule has 0 bridgehead atoms. The fraction of sp³-hybridized carbons (Fsp3) is 0.500. The van der Waals surface area contributed by atoms with Crippen LogP contribution in [0, 0.1) is 5.82 Å². The normalized spacial score (nSPS) is 23.0. The predicted molar refractivity (Wildman–Crippen MR) is 130 cm³/mol. The van der Waals surface area contributed by atoms with Crippen LogP contribution in [0.2, 0.25) is 5.02 Å². The third-order valence-electron chi connectivity index (χ3n) is 6.74. The zero-order chi connectivity index (χ0) is 24.9. The van der Waals surface area contributed by atoms with Crippen molar-refractivity contribution in [2.75, 3.05) is 25.6 Å². The number of aliphatic hydroxyl groups is 1. The number of nitrogens with zero attached hydrogens (tertiary/aromatic N) is 5. The molecule has 2 N–H and O–H groups in total. The number of imidazole rings is 1. The standard InChI is InChI=1S/C24H28ClFN6O3/c1-12(2)32-18-9-13(8-15(26)22(18)29-23(32)17-4-5-20(34)31(17)3)21-14(25)10-27-24(30-21)28-16-6-7-35-11-19(16)33/h8-10,12,16-17,19,33H,4-7,11H2,1-3H3,(H,27,28,30)/t16-,17+,19-/m1/s1. The average molecular weight is 503 g/mol. The number of carbonyl (C=O) groups excluding carboxylic acids is 1. The zero-order valence-corrected chi connectivity index (χ0v) is 20.6. The van der Waals surface area contributed by atoms with Crippen LogP contribution in [-0.4, -0.2) is 67.8 Å². The molecular formula is C24H28ClFN6O3. The third kappa shape index (κ3) is 4.34. The second-order valence-corrected chi connectivity index (χ2v) is 9.80. The number of likely N-dealkylation sites (tertiary alicyclic amines) is 1. The molecule has 35 heavy (non-hydrogen) atoms. The van der Waals surface area contributed by atoms with Gasteiger partial charge in [0.2, 0.25) is 11.9 Å². The number of fused-ring (bicyclic) bond motifs is 1. The van der Waals surface area contributed by atoms with E-state index < -0.39 is 11.9 Å². The van der Waals surface area contributed by atoms with Crippen molar-refractivity contribution in [3.05, 3.63) is 35.0 Å². The number of rotatable bonds is 5. The van der Waals surface area contributed by atoms with E-state index in [1.165, 1.54) is 12.3 Å². The van der Waals surface area contributed by atoms with E-state index >= 15 is 4.39 Å². The van der Waals surface area contributed by atoms with Crippen molar-refractivity contribution >= 4 is 34.5 Å². The SMILES string of the molecule is CC(C)n1c([C@@H]2CCC(=O)N2C)nc2c(F)cc(-c3nc(N[C@@H]4CCOC[C@H]4O)ncc3Cl)cc21. The van der Waals surface area contributed by atoms with Crippen molar-refractivity contribution in [3.63, 3.8) is 0 Å². The number of carbonyl (C=O) groups is 1. The Labute approximate surface area is 207 Å². The molecule has 2 aliphatic rings. The molecule has 186 valence electrons. The van der Waals surface area contributed by atoms with Gasteiger partial charge in [-0.3, -0.25) is 4.79 Å². The summed E-state index contributed by atoms with van der Waals surface area (Å²) < 4.78 is 22.7. The van der Waals surface area contributed by atoms with Gasteiger partial charge in [0.25, 0.3) is 0 Å². The molecule has 3 atom stereocenters. The van der Waals surface area contributed by atoms with Crippen molar-refractivity contribution in [1.29, 1.82) is 0 Å². The smallest absolute Gasteiger partial charge is 0.223 e. The van der Waals surface area contributed by atoms with Gasteiger partial charge in [-0.15, -0.1) is 0 Å². The Morgan fingerprint density at radius 2 is 2.09 bits per heavy atom. The van der Waals surface area contributed by atoms with E-state index in [1.54, 1.807) is 11.9 Å². The van der Waals surface area contributed by atoms with E-state index in [0.29, 0.717) is 54.4 Å². The van der Waals surface area contributed by atoms with Crippen LogP contribution in [0.1, 0.15) is 51.0 Å². The molecule has 2 aromatic heterocycles. The first-order valence-electron chi connectivity index (χ1n) is 11.8. The summed E-state index contributed by atoms with van der Waals surface area (Å²) in [5.74, 6) is 0.527. The Hall–Kier alpha value is -2.82. The number of hydrogen-bond acceptors (Lipinski definition) is 7. The molecule has 0 unspecified atom stereocenters. The van der Waals surface area contributed by atoms with E-state index in [-0.39, 0.29) is 41.2 Å². The highest BCUT2D eigenvalue weighted by molar-refractivity contribution is 6.33. The molecule has 0 radical (unpaired) electrons. The molecule has 2 fully saturated rings. The number of ether oxygens (including phenoxy) is 1. The predicted octanol–water partition coefficient (Wildman–Crippen LogP) is 3.72. The van der Waals surface area contributed by atoms with Crippen LogP contribution in [0.25, 0.3) is 22.3 Å². The third-order valence-corrected chi connectivity index (χ3v) is 7.02. The molecule has 0 saturated carbocycles. The van der Waals surface area contributed by atoms with Crippen molar-refractivity contribution < 1.29 is 19.0 Å². The highest BCUT2D eigenvalue weighted by atomic mass is 35.5. The number of aromatic nitrogens is 4. The Balaban J connectivity index is 1.57. The van der Waals surface area contributed by atoms with E-state index in [0.717, 1.165) is 0 Å². The number of benzene rings is 1.